The monoisotopic (exact) mass is 198 g/mol. The lowest BCUT2D eigenvalue weighted by molar-refractivity contribution is 0.140. The molecule has 1 aromatic rings. The maximum Gasteiger partial charge on any atom is 0.105 e. The van der Waals surface area contributed by atoms with Crippen molar-refractivity contribution in [2.75, 3.05) is 6.54 Å². The molecule has 2 rings (SSSR count). The second-order valence-electron chi connectivity index (χ2n) is 3.45. The molecule has 2 heterocycles. The normalized spacial score (nSPS) is 24.9. The summed E-state index contributed by atoms with van der Waals surface area (Å²) in [5, 5.41) is 13.3. The zero-order valence-corrected chi connectivity index (χ0v) is 8.47. The summed E-state index contributed by atoms with van der Waals surface area (Å²) in [6.45, 7) is 2.98. The van der Waals surface area contributed by atoms with E-state index in [0.717, 1.165) is 23.5 Å². The van der Waals surface area contributed by atoms with Crippen LogP contribution in [-0.2, 0) is 0 Å². The lowest BCUT2D eigenvalue weighted by Gasteiger charge is -2.16. The van der Waals surface area contributed by atoms with Gasteiger partial charge in [0.15, 0.2) is 0 Å². The first-order valence-corrected chi connectivity index (χ1v) is 5.48. The minimum Gasteiger partial charge on any atom is -0.386 e. The highest BCUT2D eigenvalue weighted by molar-refractivity contribution is 7.09. The molecule has 0 aliphatic carbocycles. The van der Waals surface area contributed by atoms with Crippen LogP contribution in [0.1, 0.15) is 29.5 Å². The number of aliphatic hydroxyl groups excluding tert-OH is 1. The molecule has 4 heteroatoms. The summed E-state index contributed by atoms with van der Waals surface area (Å²) in [4.78, 5) is 5.15. The van der Waals surface area contributed by atoms with Gasteiger partial charge in [0.25, 0.3) is 0 Å². The average Bonchev–Trinajstić information content (AvgIpc) is 2.72. The van der Waals surface area contributed by atoms with Gasteiger partial charge in [-0.2, -0.15) is 0 Å². The Kier molecular flexibility index (Phi) is 2.62. The Balaban J connectivity index is 2.12. The third-order valence-electron chi connectivity index (χ3n) is 2.53. The molecule has 13 heavy (non-hydrogen) atoms. The molecule has 0 radical (unpaired) electrons. The predicted octanol–water partition coefficient (Wildman–Crippen LogP) is 1.24. The fourth-order valence-corrected chi connectivity index (χ4v) is 2.61. The van der Waals surface area contributed by atoms with Crippen molar-refractivity contribution in [2.24, 2.45) is 0 Å². The summed E-state index contributed by atoms with van der Waals surface area (Å²) in [7, 11) is 0. The molecule has 2 atom stereocenters. The summed E-state index contributed by atoms with van der Waals surface area (Å²) in [5.74, 6) is 0. The molecule has 0 bridgehead atoms. The van der Waals surface area contributed by atoms with Crippen LogP contribution < -0.4 is 5.32 Å². The highest BCUT2D eigenvalue weighted by Crippen LogP contribution is 2.27. The summed E-state index contributed by atoms with van der Waals surface area (Å²) in [6, 6.07) is 0.235. The number of nitrogens with zero attached hydrogens (tertiary/aromatic N) is 1. The topological polar surface area (TPSA) is 45.2 Å². The van der Waals surface area contributed by atoms with Crippen LogP contribution in [-0.4, -0.2) is 22.7 Å². The number of nitrogens with one attached hydrogen (secondary N) is 1. The van der Waals surface area contributed by atoms with Gasteiger partial charge in [-0.1, -0.05) is 0 Å². The Bertz CT molecular complexity index is 281. The van der Waals surface area contributed by atoms with Gasteiger partial charge in [0, 0.05) is 6.04 Å². The zero-order chi connectivity index (χ0) is 9.26. The Morgan fingerprint density at radius 3 is 3.15 bits per heavy atom. The molecular formula is C9H14N2OS. The van der Waals surface area contributed by atoms with E-state index in [1.807, 2.05) is 6.92 Å². The Labute approximate surface area is 81.8 Å². The first kappa shape index (κ1) is 9.12. The molecular weight excluding hydrogens is 184 g/mol. The van der Waals surface area contributed by atoms with Gasteiger partial charge in [-0.05, 0) is 26.3 Å². The van der Waals surface area contributed by atoms with Crippen LogP contribution in [0.3, 0.4) is 0 Å². The number of thiazole rings is 1. The van der Waals surface area contributed by atoms with E-state index in [9.17, 15) is 5.11 Å². The third kappa shape index (κ3) is 1.75. The van der Waals surface area contributed by atoms with E-state index in [1.165, 1.54) is 6.42 Å². The standard InChI is InChI=1S/C9H14N2OS/c1-6-9(13-5-11-6)8(12)7-3-2-4-10-7/h5,7-8,10,12H,2-4H2,1H3/t7-,8?/m0/s1. The van der Waals surface area contributed by atoms with Crippen molar-refractivity contribution in [1.29, 1.82) is 0 Å². The Morgan fingerprint density at radius 1 is 1.77 bits per heavy atom. The Hall–Kier alpha value is -0.450. The molecule has 1 aliphatic heterocycles. The van der Waals surface area contributed by atoms with Gasteiger partial charge in [0.05, 0.1) is 16.1 Å². The largest absolute Gasteiger partial charge is 0.386 e. The minimum absolute atomic E-state index is 0.235. The number of hydrogen-bond acceptors (Lipinski definition) is 4. The SMILES string of the molecule is Cc1ncsc1C(O)[C@@H]1CCCN1. The first-order chi connectivity index (χ1) is 6.29. The van der Waals surface area contributed by atoms with Gasteiger partial charge in [-0.3, -0.25) is 0 Å². The second-order valence-corrected chi connectivity index (χ2v) is 4.34. The average molecular weight is 198 g/mol. The number of aromatic nitrogens is 1. The van der Waals surface area contributed by atoms with Crippen LogP contribution in [0.15, 0.2) is 5.51 Å². The molecule has 0 spiro atoms. The number of aryl methyl sites for hydroxylation is 1. The van der Waals surface area contributed by atoms with E-state index in [0.29, 0.717) is 0 Å². The predicted molar refractivity (Wildman–Crippen MR) is 52.8 cm³/mol. The summed E-state index contributed by atoms with van der Waals surface area (Å²) >= 11 is 1.54. The maximum absolute atomic E-state index is 10.00. The highest BCUT2D eigenvalue weighted by Gasteiger charge is 2.26. The molecule has 0 aromatic carbocycles. The smallest absolute Gasteiger partial charge is 0.105 e. The molecule has 0 amide bonds. The van der Waals surface area contributed by atoms with Gasteiger partial charge in [-0.15, -0.1) is 11.3 Å². The van der Waals surface area contributed by atoms with Crippen LogP contribution in [0.2, 0.25) is 0 Å². The molecule has 1 aromatic heterocycles. The molecule has 1 saturated heterocycles. The van der Waals surface area contributed by atoms with Gasteiger partial charge in [0.1, 0.15) is 6.10 Å². The number of rotatable bonds is 2. The minimum atomic E-state index is -0.366. The first-order valence-electron chi connectivity index (χ1n) is 4.60. The molecule has 1 fully saturated rings. The zero-order valence-electron chi connectivity index (χ0n) is 7.66. The van der Waals surface area contributed by atoms with Crippen molar-refractivity contribution >= 4 is 11.3 Å². The molecule has 1 aliphatic rings. The van der Waals surface area contributed by atoms with E-state index in [-0.39, 0.29) is 12.1 Å². The fraction of sp³-hybridized carbons (Fsp3) is 0.667. The van der Waals surface area contributed by atoms with Gasteiger partial charge < -0.3 is 10.4 Å². The van der Waals surface area contributed by atoms with Crippen LogP contribution in [0.5, 0.6) is 0 Å². The Morgan fingerprint density at radius 2 is 2.62 bits per heavy atom. The maximum atomic E-state index is 10.00. The highest BCUT2D eigenvalue weighted by atomic mass is 32.1. The number of hydrogen-bond donors (Lipinski definition) is 2. The van der Waals surface area contributed by atoms with Crippen molar-refractivity contribution in [2.45, 2.75) is 31.9 Å². The van der Waals surface area contributed by atoms with E-state index in [4.69, 9.17) is 0 Å². The second kappa shape index (κ2) is 3.74. The van der Waals surface area contributed by atoms with Crippen LogP contribution >= 0.6 is 11.3 Å². The summed E-state index contributed by atoms with van der Waals surface area (Å²) in [6.07, 6.45) is 1.87. The third-order valence-corrected chi connectivity index (χ3v) is 3.53. The summed E-state index contributed by atoms with van der Waals surface area (Å²) < 4.78 is 0. The van der Waals surface area contributed by atoms with Crippen LogP contribution in [0.4, 0.5) is 0 Å². The van der Waals surface area contributed by atoms with E-state index in [2.05, 4.69) is 10.3 Å². The van der Waals surface area contributed by atoms with E-state index >= 15 is 0 Å². The molecule has 2 N–H and O–H groups in total. The molecule has 72 valence electrons. The lowest BCUT2D eigenvalue weighted by atomic mass is 10.1. The van der Waals surface area contributed by atoms with E-state index < -0.39 is 0 Å². The summed E-state index contributed by atoms with van der Waals surface area (Å²) in [5.41, 5.74) is 2.76. The van der Waals surface area contributed by atoms with Gasteiger partial charge >= 0.3 is 0 Å². The molecule has 1 unspecified atom stereocenters. The van der Waals surface area contributed by atoms with Crippen LogP contribution in [0.25, 0.3) is 0 Å². The fourth-order valence-electron chi connectivity index (χ4n) is 1.76. The molecule has 3 nitrogen and oxygen atoms in total. The van der Waals surface area contributed by atoms with Gasteiger partial charge in [0.2, 0.25) is 0 Å². The molecule has 0 saturated carbocycles. The van der Waals surface area contributed by atoms with Crippen molar-refractivity contribution in [3.63, 3.8) is 0 Å². The van der Waals surface area contributed by atoms with Gasteiger partial charge in [-0.25, -0.2) is 4.98 Å². The van der Waals surface area contributed by atoms with Crippen molar-refractivity contribution in [3.8, 4) is 0 Å². The quantitative estimate of drug-likeness (QED) is 0.751. The number of aliphatic hydroxyl groups is 1. The van der Waals surface area contributed by atoms with Crippen LogP contribution in [0, 0.1) is 6.92 Å². The lowest BCUT2D eigenvalue weighted by Crippen LogP contribution is -2.28. The van der Waals surface area contributed by atoms with Crippen molar-refractivity contribution in [3.05, 3.63) is 16.1 Å². The van der Waals surface area contributed by atoms with Crippen molar-refractivity contribution in [1.82, 2.24) is 10.3 Å². The van der Waals surface area contributed by atoms with Crippen molar-refractivity contribution < 1.29 is 5.11 Å². The van der Waals surface area contributed by atoms with E-state index in [1.54, 1.807) is 16.8 Å².